The smallest absolute Gasteiger partial charge is 0.232 e. The summed E-state index contributed by atoms with van der Waals surface area (Å²) < 4.78 is 36.3. The average molecular weight is 1800 g/mol. The van der Waals surface area contributed by atoms with E-state index in [9.17, 15) is 33.9 Å². The Bertz CT molecular complexity index is 6130. The van der Waals surface area contributed by atoms with Crippen LogP contribution in [0.25, 0.3) is 36.5 Å². The Balaban J connectivity index is 0.000000122. The van der Waals surface area contributed by atoms with Crippen molar-refractivity contribution in [3.63, 3.8) is 0 Å². The van der Waals surface area contributed by atoms with Crippen molar-refractivity contribution in [3.8, 4) is 46.3 Å². The predicted octanol–water partition coefficient (Wildman–Crippen LogP) is 23.9. The first-order valence-corrected chi connectivity index (χ1v) is 40.0. The Kier molecular flexibility index (Phi) is 26.3. The standard InChI is InChI=1S/2C19H18O2.C16H9NO2.C15H8Br2O3.2C14H8BrNO2/c1-19(2,3)14-10-8-13(9-11-14)12-17-18(20)15-6-4-5-7-16(15)21-17;1-2-3-6-14-9-11-15(12-10-14)13-18-19(20)16-7-4-5-8-17(16)21-18;17-10-12-6-2-1-5-11(12)9-15-16(18)13-7-3-4-8-14(13)19-15;16-9-5-8(14(18)11(17)7-9)6-13-15(19)10-3-1-2-4-12(10)20-13;15-13-7-3-4-9(16-13)8-12-14(17)10-5-1-2-6-11(10)18-12;15-9-5-6-10(16-8-9)7-13-14(17)11-3-1-2-4-12(11)18-13/h4-12H,1-3H3;4-5,7-13H,2-3,6H2,1H3;1-9H;1-7,18H;2*1-8H/b17-12-;18-13-;15-9-;13-6-;12-8-;13-7-. The number of pyridine rings is 2. The quantitative estimate of drug-likeness (QED) is 0.105. The summed E-state index contributed by atoms with van der Waals surface area (Å²) in [7, 11) is 0. The third-order valence-corrected chi connectivity index (χ3v) is 20.4. The topological polar surface area (TPSA) is 228 Å². The van der Waals surface area contributed by atoms with Gasteiger partial charge in [0.25, 0.3) is 0 Å². The van der Waals surface area contributed by atoms with Gasteiger partial charge in [-0.15, -0.1) is 0 Å². The monoisotopic (exact) mass is 1800 g/mol. The lowest BCUT2D eigenvalue weighted by Crippen LogP contribution is -2.10. The van der Waals surface area contributed by atoms with E-state index in [0.717, 1.165) is 31.1 Å². The summed E-state index contributed by atoms with van der Waals surface area (Å²) in [5.41, 5.74) is 11.3. The highest BCUT2D eigenvalue weighted by Crippen LogP contribution is 2.40. The molecule has 6 aliphatic heterocycles. The van der Waals surface area contributed by atoms with E-state index in [1.165, 1.54) is 30.0 Å². The van der Waals surface area contributed by atoms with Gasteiger partial charge in [0.05, 0.1) is 60.9 Å². The molecule has 0 radical (unpaired) electrons. The number of benzene rings is 10. The van der Waals surface area contributed by atoms with Gasteiger partial charge in [-0.3, -0.25) is 33.8 Å². The third-order valence-electron chi connectivity index (χ3n) is 18.4. The van der Waals surface area contributed by atoms with Crippen molar-refractivity contribution < 1.29 is 62.3 Å². The molecule has 0 spiro atoms. The number of fused-ring (bicyclic) bond motifs is 6. The average Bonchev–Trinajstić information content (AvgIpc) is 1.70. The van der Waals surface area contributed by atoms with E-state index >= 15 is 0 Å². The van der Waals surface area contributed by atoms with Crippen LogP contribution in [0.3, 0.4) is 0 Å². The molecule has 0 atom stereocenters. The molecule has 8 heterocycles. The summed E-state index contributed by atoms with van der Waals surface area (Å²) in [5.74, 6) is 4.88. The van der Waals surface area contributed by atoms with Gasteiger partial charge in [-0.05, 0) is 233 Å². The van der Waals surface area contributed by atoms with Crippen molar-refractivity contribution in [2.24, 2.45) is 0 Å². The Hall–Kier alpha value is -13.0. The molecule has 0 bridgehead atoms. The van der Waals surface area contributed by atoms with Gasteiger partial charge in [-0.1, -0.05) is 196 Å². The van der Waals surface area contributed by atoms with Crippen molar-refractivity contribution in [1.29, 1.82) is 5.26 Å². The van der Waals surface area contributed by atoms with Gasteiger partial charge in [0.1, 0.15) is 44.8 Å². The number of halogens is 4. The lowest BCUT2D eigenvalue weighted by atomic mass is 9.86. The minimum absolute atomic E-state index is 0.0411. The second kappa shape index (κ2) is 37.5. The second-order valence-corrected chi connectivity index (χ2v) is 31.1. The summed E-state index contributed by atoms with van der Waals surface area (Å²) in [4.78, 5) is 81.3. The Morgan fingerprint density at radius 1 is 0.393 bits per heavy atom. The molecule has 1 N–H and O–H groups in total. The predicted molar refractivity (Wildman–Crippen MR) is 465 cm³/mol. The molecule has 0 amide bonds. The van der Waals surface area contributed by atoms with Crippen LogP contribution in [0.15, 0.2) is 320 Å². The zero-order valence-corrected chi connectivity index (χ0v) is 69.5. The molecule has 18 rings (SSSR count). The Labute approximate surface area is 709 Å². The molecule has 6 aliphatic rings. The summed E-state index contributed by atoms with van der Waals surface area (Å²) >= 11 is 13.2. The molecule has 0 saturated heterocycles. The van der Waals surface area contributed by atoms with Gasteiger partial charge in [0.2, 0.25) is 34.7 Å². The summed E-state index contributed by atoms with van der Waals surface area (Å²) in [6.45, 7) is 8.74. The molecule has 0 fully saturated rings. The van der Waals surface area contributed by atoms with E-state index in [-0.39, 0.29) is 57.4 Å². The highest BCUT2D eigenvalue weighted by molar-refractivity contribution is 9.11. The van der Waals surface area contributed by atoms with Crippen LogP contribution < -0.4 is 28.4 Å². The molecule has 578 valence electrons. The SMILES string of the molecule is CC(C)(C)c1ccc(/C=C2\Oc3ccccc3C2=O)cc1.CCCCc1ccc(/C=C2\Oc3ccccc3C2=O)cc1.N#Cc1ccccc1/C=C1\Oc2ccccc2C1=O.O=C1/C(=C/c2cc(Br)cc(Br)c2O)Oc2ccccc21.O=C1/C(=C/c2ccc(Br)cn2)Oc2ccccc21.O=C1/C(=C/c2cccc(Br)n2)Oc2ccccc21. The molecular formula is C97H69Br4N3O13. The van der Waals surface area contributed by atoms with Crippen LogP contribution >= 0.6 is 63.7 Å². The normalized spacial score (nSPS) is 15.4. The number of carbonyl (C=O) groups is 6. The molecule has 0 aliphatic carbocycles. The summed E-state index contributed by atoms with van der Waals surface area (Å²) in [6.07, 6.45) is 15.2. The number of nitrogens with zero attached hydrogens (tertiary/aromatic N) is 3. The largest absolute Gasteiger partial charge is 0.506 e. The molecule has 12 aromatic rings. The van der Waals surface area contributed by atoms with E-state index in [0.29, 0.717) is 123 Å². The van der Waals surface area contributed by atoms with Gasteiger partial charge < -0.3 is 33.5 Å². The van der Waals surface area contributed by atoms with Crippen molar-refractivity contribution >= 4 is 135 Å². The fourth-order valence-electron chi connectivity index (χ4n) is 12.3. The molecule has 117 heavy (non-hydrogen) atoms. The highest BCUT2D eigenvalue weighted by Gasteiger charge is 2.32. The number of phenolic OH excluding ortho intramolecular Hbond substituents is 1. The lowest BCUT2D eigenvalue weighted by molar-refractivity contribution is 0.101. The maximum atomic E-state index is 12.2. The number of hydrogen-bond donors (Lipinski definition) is 1. The number of aromatic nitrogens is 2. The second-order valence-electron chi connectivity index (χ2n) is 27.6. The minimum Gasteiger partial charge on any atom is -0.506 e. The third kappa shape index (κ3) is 20.2. The number of Topliss-reactive ketones (excluding diaryl/α,β-unsaturated/α-hetero) is 6. The zero-order chi connectivity index (χ0) is 82.3. The van der Waals surface area contributed by atoms with E-state index in [2.05, 4.69) is 132 Å². The highest BCUT2D eigenvalue weighted by atomic mass is 79.9. The maximum Gasteiger partial charge on any atom is 0.232 e. The zero-order valence-electron chi connectivity index (χ0n) is 63.2. The number of nitriles is 1. The number of aromatic hydroxyl groups is 1. The number of allylic oxidation sites excluding steroid dienone is 6. The van der Waals surface area contributed by atoms with Crippen molar-refractivity contribution in [2.45, 2.75) is 52.4 Å². The fraction of sp³-hybridized carbons (Fsp3) is 0.0825. The van der Waals surface area contributed by atoms with Crippen LogP contribution in [-0.2, 0) is 11.8 Å². The van der Waals surface area contributed by atoms with E-state index in [1.807, 2.05) is 140 Å². The van der Waals surface area contributed by atoms with Gasteiger partial charge in [-0.2, -0.15) is 5.26 Å². The van der Waals surface area contributed by atoms with Crippen LogP contribution in [-0.4, -0.2) is 49.8 Å². The molecule has 0 unspecified atom stereocenters. The number of rotatable bonds is 9. The number of unbranched alkanes of at least 4 members (excludes halogenated alkanes) is 1. The number of phenols is 1. The molecular weight excluding hydrogens is 1730 g/mol. The van der Waals surface area contributed by atoms with E-state index in [1.54, 1.807) is 134 Å². The number of carbonyl (C=O) groups excluding carboxylic acids is 6. The van der Waals surface area contributed by atoms with E-state index in [4.69, 9.17) is 33.7 Å². The first kappa shape index (κ1) is 82.0. The Morgan fingerprint density at radius 2 is 0.769 bits per heavy atom. The maximum absolute atomic E-state index is 12.2. The lowest BCUT2D eigenvalue weighted by Gasteiger charge is -2.18. The van der Waals surface area contributed by atoms with Crippen LogP contribution in [0, 0.1) is 11.3 Å². The van der Waals surface area contributed by atoms with Crippen LogP contribution in [0.1, 0.15) is 153 Å². The first-order valence-electron chi connectivity index (χ1n) is 36.9. The van der Waals surface area contributed by atoms with Crippen LogP contribution in [0.5, 0.6) is 40.2 Å². The van der Waals surface area contributed by atoms with Crippen LogP contribution in [0.2, 0.25) is 0 Å². The number of hydrogen-bond acceptors (Lipinski definition) is 16. The fourth-order valence-corrected chi connectivity index (χ4v) is 14.2. The number of ketones is 6. The van der Waals surface area contributed by atoms with Crippen molar-refractivity contribution in [3.05, 3.63) is 403 Å². The van der Waals surface area contributed by atoms with Gasteiger partial charge in [0.15, 0.2) is 34.6 Å². The van der Waals surface area contributed by atoms with Gasteiger partial charge in [-0.25, -0.2) is 4.98 Å². The molecule has 16 nitrogen and oxygen atoms in total. The first-order chi connectivity index (χ1) is 56.5. The summed E-state index contributed by atoms with van der Waals surface area (Å²) in [5, 5.41) is 19.0. The number of ether oxygens (including phenoxy) is 6. The molecule has 10 aromatic carbocycles. The van der Waals surface area contributed by atoms with Gasteiger partial charge >= 0.3 is 0 Å². The van der Waals surface area contributed by atoms with Gasteiger partial charge in [0, 0.05) is 32.9 Å². The molecule has 0 saturated carbocycles. The number of para-hydroxylation sites is 6. The van der Waals surface area contributed by atoms with Crippen molar-refractivity contribution in [2.75, 3.05) is 0 Å². The Morgan fingerprint density at radius 3 is 1.15 bits per heavy atom. The molecule has 20 heteroatoms. The van der Waals surface area contributed by atoms with E-state index < -0.39 is 0 Å². The number of aryl methyl sites for hydroxylation is 1. The summed E-state index contributed by atoms with van der Waals surface area (Å²) in [6, 6.07) is 81.6. The molecule has 2 aromatic heterocycles. The van der Waals surface area contributed by atoms with Crippen LogP contribution in [0.4, 0.5) is 0 Å². The van der Waals surface area contributed by atoms with Crippen molar-refractivity contribution in [1.82, 2.24) is 9.97 Å². The minimum atomic E-state index is -0.184.